The minimum Gasteiger partial charge on any atom is -0.393 e. The van der Waals surface area contributed by atoms with Gasteiger partial charge in [0.2, 0.25) is 18.2 Å². The smallest absolute Gasteiger partial charge is 0.235 e. The normalized spacial score (nSPS) is 15.5. The van der Waals surface area contributed by atoms with Crippen molar-refractivity contribution >= 4 is 29.5 Å². The number of para-hydroxylation sites is 2. The number of guanidine groups is 2. The van der Waals surface area contributed by atoms with Crippen molar-refractivity contribution in [3.8, 4) is 0 Å². The molecule has 3 rings (SSSR count). The van der Waals surface area contributed by atoms with Crippen LogP contribution in [0.5, 0.6) is 0 Å². The molecule has 1 atom stereocenters. The summed E-state index contributed by atoms with van der Waals surface area (Å²) in [4.78, 5) is 8.78. The Morgan fingerprint density at radius 1 is 0.963 bits per heavy atom. The van der Waals surface area contributed by atoms with Crippen LogP contribution in [-0.2, 0) is 0 Å². The standard InChI is InChI=1S/C18H21N7O2/c26-12-15(27)11-19-25-18-23-16(20-13-7-3-1-4-8-13)22-17(24-18)21-14-9-5-2-6-10-14/h1-11,15,18,25-27H,12H2,(H3,20,21,22,23,24)/b19-11+. The zero-order valence-electron chi connectivity index (χ0n) is 14.4. The first kappa shape index (κ1) is 18.4. The van der Waals surface area contributed by atoms with Gasteiger partial charge in [-0.1, -0.05) is 36.4 Å². The molecule has 1 heterocycles. The van der Waals surface area contributed by atoms with Crippen LogP contribution >= 0.6 is 0 Å². The molecule has 1 unspecified atom stereocenters. The van der Waals surface area contributed by atoms with Gasteiger partial charge in [0.25, 0.3) is 0 Å². The molecule has 0 bridgehead atoms. The third-order valence-corrected chi connectivity index (χ3v) is 3.44. The van der Waals surface area contributed by atoms with Crippen LogP contribution in [0.3, 0.4) is 0 Å². The monoisotopic (exact) mass is 367 g/mol. The molecule has 1 aliphatic rings. The van der Waals surface area contributed by atoms with Gasteiger partial charge in [-0.15, -0.1) is 0 Å². The molecular weight excluding hydrogens is 346 g/mol. The van der Waals surface area contributed by atoms with Crippen molar-refractivity contribution in [2.45, 2.75) is 12.4 Å². The number of hydrazone groups is 1. The number of aliphatic imine (C=N–C) groups is 2. The second-order valence-electron chi connectivity index (χ2n) is 5.59. The summed E-state index contributed by atoms with van der Waals surface area (Å²) < 4.78 is 0. The number of nitrogens with one attached hydrogen (secondary N) is 4. The fraction of sp³-hybridized carbons (Fsp3) is 0.167. The molecule has 2 aromatic carbocycles. The SMILES string of the molecule is OCC(O)/C=N/NC1N=C(Nc2ccccc2)NC(Nc2ccccc2)=N1. The largest absolute Gasteiger partial charge is 0.393 e. The Labute approximate surface area is 156 Å². The van der Waals surface area contributed by atoms with E-state index in [-0.39, 0.29) is 0 Å². The highest BCUT2D eigenvalue weighted by Gasteiger charge is 2.16. The van der Waals surface area contributed by atoms with E-state index in [0.29, 0.717) is 11.9 Å². The van der Waals surface area contributed by atoms with Gasteiger partial charge >= 0.3 is 0 Å². The van der Waals surface area contributed by atoms with Crippen LogP contribution in [0.4, 0.5) is 11.4 Å². The van der Waals surface area contributed by atoms with E-state index in [1.54, 1.807) is 0 Å². The predicted octanol–water partition coefficient (Wildman–Crippen LogP) is 0.738. The third-order valence-electron chi connectivity index (χ3n) is 3.44. The number of rotatable bonds is 6. The second-order valence-corrected chi connectivity index (χ2v) is 5.59. The first-order valence-electron chi connectivity index (χ1n) is 8.37. The molecule has 2 aromatic rings. The summed E-state index contributed by atoms with van der Waals surface area (Å²) >= 11 is 0. The first-order valence-corrected chi connectivity index (χ1v) is 8.37. The van der Waals surface area contributed by atoms with Crippen molar-refractivity contribution in [1.29, 1.82) is 0 Å². The maximum absolute atomic E-state index is 9.33. The summed E-state index contributed by atoms with van der Waals surface area (Å²) in [5.41, 5.74) is 4.45. The highest BCUT2D eigenvalue weighted by atomic mass is 16.3. The zero-order valence-corrected chi connectivity index (χ0v) is 14.4. The van der Waals surface area contributed by atoms with E-state index in [2.05, 4.69) is 36.5 Å². The molecule has 0 saturated heterocycles. The van der Waals surface area contributed by atoms with E-state index >= 15 is 0 Å². The van der Waals surface area contributed by atoms with Gasteiger partial charge in [-0.25, -0.2) is 9.98 Å². The molecule has 9 heteroatoms. The topological polar surface area (TPSA) is 126 Å². The molecule has 0 saturated carbocycles. The lowest BCUT2D eigenvalue weighted by Gasteiger charge is -2.22. The van der Waals surface area contributed by atoms with Crippen molar-refractivity contribution in [1.82, 2.24) is 10.7 Å². The Hall–Kier alpha value is -3.43. The fourth-order valence-corrected chi connectivity index (χ4v) is 2.19. The number of hydrogen-bond donors (Lipinski definition) is 6. The fourth-order valence-electron chi connectivity index (χ4n) is 2.19. The Kier molecular flexibility index (Phi) is 6.34. The van der Waals surface area contributed by atoms with Crippen molar-refractivity contribution in [3.63, 3.8) is 0 Å². The lowest BCUT2D eigenvalue weighted by molar-refractivity contribution is 0.147. The van der Waals surface area contributed by atoms with Crippen LogP contribution in [0.1, 0.15) is 0 Å². The lowest BCUT2D eigenvalue weighted by Crippen LogP contribution is -2.46. The van der Waals surface area contributed by atoms with E-state index in [9.17, 15) is 5.11 Å². The van der Waals surface area contributed by atoms with Crippen molar-refractivity contribution in [2.75, 3.05) is 17.2 Å². The highest BCUT2D eigenvalue weighted by Crippen LogP contribution is 2.09. The number of nitrogens with zero attached hydrogens (tertiary/aromatic N) is 3. The third kappa shape index (κ3) is 5.80. The number of anilines is 2. The van der Waals surface area contributed by atoms with Crippen molar-refractivity contribution < 1.29 is 10.2 Å². The maximum atomic E-state index is 9.33. The van der Waals surface area contributed by atoms with E-state index in [4.69, 9.17) is 5.11 Å². The Balaban J connectivity index is 1.73. The molecule has 6 N–H and O–H groups in total. The summed E-state index contributed by atoms with van der Waals surface area (Å²) in [6, 6.07) is 19.2. The molecule has 0 fully saturated rings. The second kappa shape index (κ2) is 9.32. The molecule has 140 valence electrons. The average Bonchev–Trinajstić information content (AvgIpc) is 2.69. The minimum absolute atomic E-state index is 0.411. The van der Waals surface area contributed by atoms with Gasteiger partial charge in [0.1, 0.15) is 6.10 Å². The van der Waals surface area contributed by atoms with E-state index in [1.807, 2.05) is 60.7 Å². The van der Waals surface area contributed by atoms with E-state index < -0.39 is 19.0 Å². The highest BCUT2D eigenvalue weighted by molar-refractivity contribution is 6.10. The maximum Gasteiger partial charge on any atom is 0.235 e. The first-order chi connectivity index (χ1) is 13.2. The quantitative estimate of drug-likeness (QED) is 0.330. The van der Waals surface area contributed by atoms with Crippen LogP contribution in [0.15, 0.2) is 75.7 Å². The number of hydrogen-bond acceptors (Lipinski definition) is 9. The number of benzene rings is 2. The van der Waals surface area contributed by atoms with Crippen LogP contribution in [0.2, 0.25) is 0 Å². The van der Waals surface area contributed by atoms with Gasteiger partial charge in [-0.3, -0.25) is 10.7 Å². The van der Waals surface area contributed by atoms with Crippen LogP contribution in [0, 0.1) is 0 Å². The zero-order chi connectivity index (χ0) is 18.9. The lowest BCUT2D eigenvalue weighted by atomic mass is 10.3. The van der Waals surface area contributed by atoms with Gasteiger partial charge in [0, 0.05) is 11.4 Å². The average molecular weight is 367 g/mol. The molecular formula is C18H21N7O2. The van der Waals surface area contributed by atoms with Crippen LogP contribution in [0.25, 0.3) is 0 Å². The summed E-state index contributed by atoms with van der Waals surface area (Å²) in [7, 11) is 0. The van der Waals surface area contributed by atoms with Crippen molar-refractivity contribution in [3.05, 3.63) is 60.7 Å². The molecule has 0 spiro atoms. The summed E-state index contributed by atoms with van der Waals surface area (Å²) in [5, 5.41) is 31.5. The van der Waals surface area contributed by atoms with Gasteiger partial charge in [0.15, 0.2) is 0 Å². The predicted molar refractivity (Wildman–Crippen MR) is 107 cm³/mol. The van der Waals surface area contributed by atoms with Gasteiger partial charge < -0.3 is 20.8 Å². The summed E-state index contributed by atoms with van der Waals surface area (Å²) in [6.45, 7) is -0.411. The van der Waals surface area contributed by atoms with E-state index in [1.165, 1.54) is 6.21 Å². The van der Waals surface area contributed by atoms with Crippen LogP contribution in [-0.4, -0.2) is 47.3 Å². The molecule has 0 radical (unpaired) electrons. The van der Waals surface area contributed by atoms with Crippen molar-refractivity contribution in [2.24, 2.45) is 15.1 Å². The van der Waals surface area contributed by atoms with Gasteiger partial charge in [0.05, 0.1) is 12.8 Å². The molecule has 0 aromatic heterocycles. The molecule has 27 heavy (non-hydrogen) atoms. The van der Waals surface area contributed by atoms with Crippen LogP contribution < -0.4 is 21.4 Å². The number of aliphatic hydroxyl groups is 2. The minimum atomic E-state index is -1.05. The molecule has 0 amide bonds. The summed E-state index contributed by atoms with van der Waals surface area (Å²) in [6.07, 6.45) is -0.580. The number of aliphatic hydroxyl groups excluding tert-OH is 2. The summed E-state index contributed by atoms with van der Waals surface area (Å²) in [5.74, 6) is 0.954. The van der Waals surface area contributed by atoms with Gasteiger partial charge in [-0.05, 0) is 24.3 Å². The Morgan fingerprint density at radius 2 is 1.48 bits per heavy atom. The van der Waals surface area contributed by atoms with Gasteiger partial charge in [-0.2, -0.15) is 5.10 Å². The van der Waals surface area contributed by atoms with E-state index in [0.717, 1.165) is 11.4 Å². The Morgan fingerprint density at radius 3 is 1.96 bits per heavy atom. The molecule has 9 nitrogen and oxygen atoms in total. The molecule has 0 aliphatic carbocycles. The molecule has 1 aliphatic heterocycles. The Bertz CT molecular complexity index is 751.